The van der Waals surface area contributed by atoms with Gasteiger partial charge in [0.2, 0.25) is 11.8 Å². The van der Waals surface area contributed by atoms with Crippen molar-refractivity contribution in [2.24, 2.45) is 0 Å². The Kier molecular flexibility index (Phi) is 6.14. The molecule has 5 nitrogen and oxygen atoms in total. The van der Waals surface area contributed by atoms with E-state index in [1.54, 1.807) is 0 Å². The molecule has 0 saturated carbocycles. The second-order valence-electron chi connectivity index (χ2n) is 7.18. The van der Waals surface area contributed by atoms with Crippen LogP contribution in [-0.4, -0.2) is 35.6 Å². The number of hydrogen-bond donors (Lipinski definition) is 3. The lowest BCUT2D eigenvalue weighted by atomic mass is 10.0. The average molecular weight is 429 g/mol. The molecule has 3 N–H and O–H groups in total. The van der Waals surface area contributed by atoms with Crippen LogP contribution in [0.2, 0.25) is 0 Å². The zero-order valence-electron chi connectivity index (χ0n) is 16.0. The number of H-pyrrole nitrogens is 1. The summed E-state index contributed by atoms with van der Waals surface area (Å²) in [7, 11) is 0. The van der Waals surface area contributed by atoms with Crippen LogP contribution in [0.5, 0.6) is 0 Å². The van der Waals surface area contributed by atoms with Gasteiger partial charge in [-0.15, -0.1) is 0 Å². The number of rotatable bonds is 6. The molecule has 2 aromatic rings. The molecule has 0 bridgehead atoms. The summed E-state index contributed by atoms with van der Waals surface area (Å²) in [5.41, 5.74) is -0.391. The third-order valence-electron chi connectivity index (χ3n) is 5.11. The maximum Gasteiger partial charge on any atom is 0.397 e. The number of alkyl halides is 3. The van der Waals surface area contributed by atoms with Crippen LogP contribution in [0, 0.1) is 11.6 Å². The molecular formula is C20H20F5N3O2. The van der Waals surface area contributed by atoms with Gasteiger partial charge >= 0.3 is 6.18 Å². The fraction of sp³-hybridized carbons (Fsp3) is 0.400. The highest BCUT2D eigenvalue weighted by Gasteiger charge is 2.40. The number of carbonyl (C=O) groups is 2. The van der Waals surface area contributed by atoms with Gasteiger partial charge in [0, 0.05) is 18.5 Å². The minimum Gasteiger partial charge on any atom is -0.355 e. The highest BCUT2D eigenvalue weighted by atomic mass is 19.4. The summed E-state index contributed by atoms with van der Waals surface area (Å²) < 4.78 is 67.6. The maximum atomic E-state index is 15.0. The lowest BCUT2D eigenvalue weighted by Crippen LogP contribution is -2.40. The smallest absolute Gasteiger partial charge is 0.355 e. The Hall–Kier alpha value is -2.91. The Labute approximate surface area is 169 Å². The number of carbonyl (C=O) groups excluding carboxylic acids is 2. The van der Waals surface area contributed by atoms with Crippen molar-refractivity contribution in [3.63, 3.8) is 0 Å². The molecule has 3 rings (SSSR count). The quantitative estimate of drug-likeness (QED) is 0.615. The molecule has 1 aromatic heterocycles. The molecule has 2 amide bonds. The zero-order valence-corrected chi connectivity index (χ0v) is 16.0. The van der Waals surface area contributed by atoms with Crippen LogP contribution in [-0.2, 0) is 16.0 Å². The zero-order chi connectivity index (χ0) is 22.1. The first-order valence-electron chi connectivity index (χ1n) is 9.38. The van der Waals surface area contributed by atoms with Gasteiger partial charge in [-0.05, 0) is 49.6 Å². The molecule has 0 aliphatic carbocycles. The van der Waals surface area contributed by atoms with E-state index in [9.17, 15) is 31.5 Å². The van der Waals surface area contributed by atoms with Gasteiger partial charge in [-0.1, -0.05) is 0 Å². The normalized spacial score (nSPS) is 17.7. The first-order chi connectivity index (χ1) is 14.1. The van der Waals surface area contributed by atoms with Crippen LogP contribution < -0.4 is 10.6 Å². The van der Waals surface area contributed by atoms with Crippen molar-refractivity contribution in [2.45, 2.75) is 44.3 Å². The summed E-state index contributed by atoms with van der Waals surface area (Å²) >= 11 is 0. The van der Waals surface area contributed by atoms with Crippen molar-refractivity contribution < 1.29 is 31.5 Å². The minimum absolute atomic E-state index is 0.0602. The molecule has 1 aliphatic rings. The van der Waals surface area contributed by atoms with Gasteiger partial charge in [-0.2, -0.15) is 13.2 Å². The van der Waals surface area contributed by atoms with Gasteiger partial charge in [0.05, 0.1) is 17.3 Å². The molecule has 10 heteroatoms. The van der Waals surface area contributed by atoms with E-state index in [0.717, 1.165) is 19.1 Å². The predicted octanol–water partition coefficient (Wildman–Crippen LogP) is 3.56. The van der Waals surface area contributed by atoms with Crippen LogP contribution >= 0.6 is 0 Å². The molecule has 1 aliphatic heterocycles. The Morgan fingerprint density at radius 2 is 1.90 bits per heavy atom. The van der Waals surface area contributed by atoms with E-state index in [1.807, 2.05) is 0 Å². The summed E-state index contributed by atoms with van der Waals surface area (Å²) in [5.74, 6) is -4.56. The van der Waals surface area contributed by atoms with Gasteiger partial charge in [0.25, 0.3) is 0 Å². The minimum atomic E-state index is -4.67. The number of hydrogen-bond acceptors (Lipinski definition) is 2. The summed E-state index contributed by atoms with van der Waals surface area (Å²) in [6.45, 7) is 1.27. The van der Waals surface area contributed by atoms with Gasteiger partial charge in [0.15, 0.2) is 0 Å². The molecule has 2 unspecified atom stereocenters. The lowest BCUT2D eigenvalue weighted by molar-refractivity contribution is -0.147. The first kappa shape index (κ1) is 21.8. The fourth-order valence-electron chi connectivity index (χ4n) is 3.33. The lowest BCUT2D eigenvalue weighted by Gasteiger charge is -2.14. The summed E-state index contributed by atoms with van der Waals surface area (Å²) in [4.78, 5) is 26.2. The monoisotopic (exact) mass is 429 g/mol. The highest BCUT2D eigenvalue weighted by Crippen LogP contribution is 2.39. The number of benzene rings is 1. The topological polar surface area (TPSA) is 74.0 Å². The van der Waals surface area contributed by atoms with Crippen molar-refractivity contribution >= 4 is 11.8 Å². The van der Waals surface area contributed by atoms with E-state index < -0.39 is 41.4 Å². The number of halogens is 5. The van der Waals surface area contributed by atoms with Crippen LogP contribution in [0.4, 0.5) is 22.0 Å². The first-order valence-corrected chi connectivity index (χ1v) is 9.38. The van der Waals surface area contributed by atoms with Crippen LogP contribution in [0.25, 0.3) is 11.3 Å². The van der Waals surface area contributed by atoms with Crippen LogP contribution in [0.3, 0.4) is 0 Å². The molecule has 0 radical (unpaired) electrons. The third kappa shape index (κ3) is 4.63. The van der Waals surface area contributed by atoms with E-state index in [1.165, 1.54) is 12.1 Å². The number of aromatic amines is 1. The second kappa shape index (κ2) is 8.45. The Morgan fingerprint density at radius 1 is 1.23 bits per heavy atom. The van der Waals surface area contributed by atoms with Crippen LogP contribution in [0.1, 0.15) is 36.9 Å². The van der Waals surface area contributed by atoms with Gasteiger partial charge < -0.3 is 15.6 Å². The number of nitrogens with one attached hydrogen (secondary N) is 3. The van der Waals surface area contributed by atoms with Gasteiger partial charge in [-0.3, -0.25) is 9.59 Å². The van der Waals surface area contributed by atoms with E-state index in [0.29, 0.717) is 18.5 Å². The Balaban J connectivity index is 1.87. The summed E-state index contributed by atoms with van der Waals surface area (Å²) in [6.07, 6.45) is -4.67. The second-order valence-corrected chi connectivity index (χ2v) is 7.18. The van der Waals surface area contributed by atoms with E-state index >= 15 is 0 Å². The fourth-order valence-corrected chi connectivity index (χ4v) is 3.33. The van der Waals surface area contributed by atoms with E-state index in [4.69, 9.17) is 0 Å². The van der Waals surface area contributed by atoms with Crippen molar-refractivity contribution in [3.05, 3.63) is 47.2 Å². The molecule has 1 saturated heterocycles. The third-order valence-corrected chi connectivity index (χ3v) is 5.11. The maximum absolute atomic E-state index is 15.0. The molecule has 0 spiro atoms. The van der Waals surface area contributed by atoms with Crippen molar-refractivity contribution in [3.8, 4) is 11.3 Å². The molecule has 30 heavy (non-hydrogen) atoms. The predicted molar refractivity (Wildman–Crippen MR) is 98.5 cm³/mol. The molecule has 2 heterocycles. The Bertz CT molecular complexity index is 937. The summed E-state index contributed by atoms with van der Waals surface area (Å²) in [6, 6.07) is 4.17. The average Bonchev–Trinajstić information content (AvgIpc) is 3.22. The number of aromatic nitrogens is 1. The largest absolute Gasteiger partial charge is 0.397 e. The van der Waals surface area contributed by atoms with Crippen molar-refractivity contribution in [1.29, 1.82) is 0 Å². The number of amides is 2. The molecule has 162 valence electrons. The molecular weight excluding hydrogens is 409 g/mol. The molecule has 2 atom stereocenters. The van der Waals surface area contributed by atoms with E-state index in [-0.39, 0.29) is 30.0 Å². The highest BCUT2D eigenvalue weighted by molar-refractivity contribution is 5.89. The van der Waals surface area contributed by atoms with Gasteiger partial charge in [-0.25, -0.2) is 8.78 Å². The molecule has 1 fully saturated rings. The molecule has 1 aromatic carbocycles. The van der Waals surface area contributed by atoms with Crippen molar-refractivity contribution in [2.75, 3.05) is 6.54 Å². The standard InChI is InChI=1S/C20H20F5N3O2/c1-10(20(23,24)25)17-16(22)13(18(28-17)11-2-4-12(21)5-3-11)6-7-15(29)27-14-8-9-26-19(14)30/h2-5,10,14,28H,6-9H2,1H3,(H,26,30)(H,27,29). The van der Waals surface area contributed by atoms with Crippen LogP contribution in [0.15, 0.2) is 24.3 Å². The van der Waals surface area contributed by atoms with E-state index in [2.05, 4.69) is 15.6 Å². The van der Waals surface area contributed by atoms with Crippen molar-refractivity contribution in [1.82, 2.24) is 15.6 Å². The SMILES string of the molecule is CC(c1[nH]c(-c2ccc(F)cc2)c(CCC(=O)NC2CCNC2=O)c1F)C(F)(F)F. The Morgan fingerprint density at radius 3 is 2.47 bits per heavy atom. The van der Waals surface area contributed by atoms with Gasteiger partial charge in [0.1, 0.15) is 17.7 Å². The summed E-state index contributed by atoms with van der Waals surface area (Å²) in [5, 5.41) is 5.09.